The molecule has 0 aromatic carbocycles. The molecule has 2 aliphatic heterocycles. The summed E-state index contributed by atoms with van der Waals surface area (Å²) in [5, 5.41) is 1.44. The van der Waals surface area contributed by atoms with Crippen molar-refractivity contribution in [3.63, 3.8) is 0 Å². The quantitative estimate of drug-likeness (QED) is 0.427. The molecule has 7 heavy (non-hydrogen) atoms. The first-order valence-electron chi connectivity index (χ1n) is 3.30. The molecule has 2 saturated heterocycles. The van der Waals surface area contributed by atoms with Crippen LogP contribution in [0.25, 0.3) is 0 Å². The van der Waals surface area contributed by atoms with Crippen LogP contribution in [0, 0.1) is 0 Å². The van der Waals surface area contributed by atoms with Crippen molar-refractivity contribution < 1.29 is 0 Å². The lowest BCUT2D eigenvalue weighted by Crippen LogP contribution is -2.14. The van der Waals surface area contributed by atoms with E-state index in [0.29, 0.717) is 0 Å². The second-order valence-corrected chi connectivity index (χ2v) is 10.6. The van der Waals surface area contributed by atoms with Crippen molar-refractivity contribution in [3.8, 4) is 0 Å². The summed E-state index contributed by atoms with van der Waals surface area (Å²) in [7, 11) is 0.0525. The van der Waals surface area contributed by atoms with E-state index in [1.54, 1.807) is 6.04 Å². The first kappa shape index (κ1) is 4.33. The van der Waals surface area contributed by atoms with Gasteiger partial charge < -0.3 is 0 Å². The average Bonchev–Trinajstić information content (AvgIpc) is 2.07. The zero-order valence-corrected chi connectivity index (χ0v) is 7.33. The van der Waals surface area contributed by atoms with Gasteiger partial charge in [0.25, 0.3) is 0 Å². The van der Waals surface area contributed by atoms with Gasteiger partial charge >= 0.3 is 0 Å². The Hall–Kier alpha value is 0.434. The van der Waals surface area contributed by atoms with Gasteiger partial charge in [-0.2, -0.15) is 0 Å². The van der Waals surface area contributed by atoms with E-state index in [1.165, 1.54) is 10.7 Å². The minimum absolute atomic E-state index is 0.0147. The van der Waals surface area contributed by atoms with Gasteiger partial charge in [0.1, 0.15) is 0 Å². The fourth-order valence-electron chi connectivity index (χ4n) is 2.28. The number of rotatable bonds is 0. The summed E-state index contributed by atoms with van der Waals surface area (Å²) in [6.07, 6.45) is 0. The highest BCUT2D eigenvalue weighted by Gasteiger charge is 2.59. The van der Waals surface area contributed by atoms with Crippen LogP contribution in [-0.4, -0.2) is 17.6 Å². The topological polar surface area (TPSA) is 0 Å². The first-order chi connectivity index (χ1) is 3.30. The van der Waals surface area contributed by atoms with E-state index in [1.807, 2.05) is 0 Å². The van der Waals surface area contributed by atoms with Gasteiger partial charge in [-0.25, -0.2) is 0 Å². The standard InChI is InChI=1S/C5H12Si2/c1-6-3-4-5(6)7(4)2/h4-7H,3H2,1-2H3. The summed E-state index contributed by atoms with van der Waals surface area (Å²) in [5.74, 6) is 0. The Morgan fingerprint density at radius 2 is 2.14 bits per heavy atom. The van der Waals surface area contributed by atoms with Crippen LogP contribution in [0.15, 0.2) is 0 Å². The number of hydrogen-bond acceptors (Lipinski definition) is 0. The molecule has 2 heteroatoms. The van der Waals surface area contributed by atoms with Gasteiger partial charge in [-0.3, -0.25) is 0 Å². The van der Waals surface area contributed by atoms with Crippen molar-refractivity contribution in [3.05, 3.63) is 0 Å². The Kier molecular flexibility index (Phi) is 0.651. The second kappa shape index (κ2) is 1.05. The van der Waals surface area contributed by atoms with Crippen molar-refractivity contribution in [1.29, 1.82) is 0 Å². The van der Waals surface area contributed by atoms with Crippen LogP contribution in [0.5, 0.6) is 0 Å². The van der Waals surface area contributed by atoms with Gasteiger partial charge in [-0.15, -0.1) is 0 Å². The molecule has 40 valence electrons. The lowest BCUT2D eigenvalue weighted by atomic mass is 10.5. The highest BCUT2D eigenvalue weighted by Crippen LogP contribution is 2.64. The van der Waals surface area contributed by atoms with Crippen LogP contribution in [0.2, 0.25) is 29.8 Å². The Bertz CT molecular complexity index is 91.5. The van der Waals surface area contributed by atoms with E-state index in [4.69, 9.17) is 0 Å². The molecule has 0 N–H and O–H groups in total. The van der Waals surface area contributed by atoms with Crippen molar-refractivity contribution in [2.45, 2.75) is 29.8 Å². The maximum absolute atomic E-state index is 2.56. The van der Waals surface area contributed by atoms with E-state index in [2.05, 4.69) is 13.1 Å². The van der Waals surface area contributed by atoms with Gasteiger partial charge in [-0.1, -0.05) is 29.8 Å². The molecule has 0 radical (unpaired) electrons. The molecule has 4 unspecified atom stereocenters. The van der Waals surface area contributed by atoms with E-state index in [9.17, 15) is 0 Å². The summed E-state index contributed by atoms with van der Waals surface area (Å²) < 4.78 is 0. The van der Waals surface area contributed by atoms with Gasteiger partial charge in [-0.05, 0) is 0 Å². The van der Waals surface area contributed by atoms with E-state index >= 15 is 0 Å². The molecule has 2 fully saturated rings. The largest absolute Gasteiger partial charge is 0.0720 e. The molecule has 0 saturated carbocycles. The lowest BCUT2D eigenvalue weighted by molar-refractivity contribution is 1.01. The summed E-state index contributed by atoms with van der Waals surface area (Å²) in [6, 6.07) is 1.73. The molecular weight excluding hydrogens is 116 g/mol. The first-order valence-corrected chi connectivity index (χ1v) is 8.43. The molecule has 0 bridgehead atoms. The lowest BCUT2D eigenvalue weighted by Gasteiger charge is -2.17. The normalized spacial score (nSPS) is 66.0. The van der Waals surface area contributed by atoms with E-state index in [-0.39, 0.29) is 17.6 Å². The van der Waals surface area contributed by atoms with Gasteiger partial charge in [0, 0.05) is 17.6 Å². The van der Waals surface area contributed by atoms with Crippen molar-refractivity contribution in [2.24, 2.45) is 0 Å². The number of hydrogen-bond donors (Lipinski definition) is 0. The smallest absolute Gasteiger partial charge is 0.0363 e. The fraction of sp³-hybridized carbons (Fsp3) is 1.00. The maximum Gasteiger partial charge on any atom is 0.0363 e. The summed E-state index contributed by atoms with van der Waals surface area (Å²) in [5.41, 5.74) is 1.38. The molecule has 4 atom stereocenters. The van der Waals surface area contributed by atoms with Gasteiger partial charge in [0.2, 0.25) is 0 Å². The van der Waals surface area contributed by atoms with Gasteiger partial charge in [0.15, 0.2) is 0 Å². The molecule has 2 rings (SSSR count). The third-order valence-electron chi connectivity index (χ3n) is 2.94. The summed E-state index contributed by atoms with van der Waals surface area (Å²) >= 11 is 0. The minimum atomic E-state index is 0.0147. The minimum Gasteiger partial charge on any atom is -0.0720 e. The predicted molar refractivity (Wildman–Crippen MR) is 38.3 cm³/mol. The molecule has 0 aromatic heterocycles. The SMILES string of the molecule is C[SiH]1CC2C1[SiH]2C. The molecular formula is C5H12Si2. The van der Waals surface area contributed by atoms with Crippen molar-refractivity contribution >= 4 is 17.6 Å². The van der Waals surface area contributed by atoms with Crippen LogP contribution in [0.1, 0.15) is 0 Å². The molecule has 0 amide bonds. The van der Waals surface area contributed by atoms with Crippen LogP contribution in [-0.2, 0) is 0 Å². The predicted octanol–water partition coefficient (Wildman–Crippen LogP) is 1.01. The highest BCUT2D eigenvalue weighted by molar-refractivity contribution is 6.96. The Balaban J connectivity index is 2.05. The summed E-state index contributed by atoms with van der Waals surface area (Å²) in [6.45, 7) is 5.11. The highest BCUT2D eigenvalue weighted by atomic mass is 28.3. The molecule has 2 aliphatic rings. The monoisotopic (exact) mass is 128 g/mol. The van der Waals surface area contributed by atoms with Gasteiger partial charge in [0.05, 0.1) is 0 Å². The Morgan fingerprint density at radius 3 is 2.14 bits per heavy atom. The third-order valence-corrected chi connectivity index (χ3v) is 14.1. The van der Waals surface area contributed by atoms with Crippen molar-refractivity contribution in [2.75, 3.05) is 0 Å². The van der Waals surface area contributed by atoms with Crippen molar-refractivity contribution in [1.82, 2.24) is 0 Å². The Labute approximate surface area is 48.1 Å². The summed E-state index contributed by atoms with van der Waals surface area (Å²) in [4.78, 5) is 0. The molecule has 2 heterocycles. The third kappa shape index (κ3) is 0.372. The molecule has 0 aromatic rings. The fourth-order valence-corrected chi connectivity index (χ4v) is 16.8. The molecule has 0 spiro atoms. The Morgan fingerprint density at radius 1 is 1.43 bits per heavy atom. The maximum atomic E-state index is 2.56. The zero-order valence-electron chi connectivity index (χ0n) is 5.02. The zero-order chi connectivity index (χ0) is 5.02. The second-order valence-electron chi connectivity index (χ2n) is 3.31. The van der Waals surface area contributed by atoms with Crippen LogP contribution in [0.4, 0.5) is 0 Å². The van der Waals surface area contributed by atoms with E-state index in [0.717, 1.165) is 0 Å². The number of fused-ring (bicyclic) bond motifs is 1. The molecule has 0 nitrogen and oxygen atoms in total. The average molecular weight is 128 g/mol. The molecule has 0 aliphatic carbocycles. The van der Waals surface area contributed by atoms with Crippen LogP contribution < -0.4 is 0 Å². The van der Waals surface area contributed by atoms with Crippen LogP contribution in [0.3, 0.4) is 0 Å². The van der Waals surface area contributed by atoms with Crippen LogP contribution >= 0.6 is 0 Å². The van der Waals surface area contributed by atoms with E-state index < -0.39 is 0 Å².